The van der Waals surface area contributed by atoms with E-state index >= 15 is 0 Å². The van der Waals surface area contributed by atoms with Crippen molar-refractivity contribution < 1.29 is 9.47 Å². The molecule has 80 valence electrons. The summed E-state index contributed by atoms with van der Waals surface area (Å²) >= 11 is 5.68. The predicted octanol–water partition coefficient (Wildman–Crippen LogP) is 0.678. The fourth-order valence-electron chi connectivity index (χ4n) is 1.14. The molecule has 5 nitrogen and oxygen atoms in total. The van der Waals surface area contributed by atoms with Crippen LogP contribution in [0, 0.1) is 0 Å². The molecule has 0 radical (unpaired) electrons. The highest BCUT2D eigenvalue weighted by atomic mass is 35.5. The highest BCUT2D eigenvalue weighted by Gasteiger charge is 2.10. The third-order valence-corrected chi connectivity index (χ3v) is 2.14. The van der Waals surface area contributed by atoms with Crippen molar-refractivity contribution >= 4 is 11.6 Å². The summed E-state index contributed by atoms with van der Waals surface area (Å²) in [6, 6.07) is 0. The molecule has 0 aliphatic carbocycles. The molecule has 0 aliphatic rings. The van der Waals surface area contributed by atoms with Gasteiger partial charge in [-0.2, -0.15) is 0 Å². The van der Waals surface area contributed by atoms with Crippen molar-refractivity contribution in [1.82, 2.24) is 14.8 Å². The summed E-state index contributed by atoms with van der Waals surface area (Å²) in [5.74, 6) is 1.09. The zero-order chi connectivity index (χ0) is 10.4. The largest absolute Gasteiger partial charge is 0.382 e. The van der Waals surface area contributed by atoms with Crippen molar-refractivity contribution in [2.24, 2.45) is 0 Å². The lowest BCUT2D eigenvalue weighted by Gasteiger charge is -2.15. The quantitative estimate of drug-likeness (QED) is 0.661. The number of hydrogen-bond donors (Lipinski definition) is 0. The van der Waals surface area contributed by atoms with Crippen LogP contribution in [-0.4, -0.2) is 41.7 Å². The molecule has 1 atom stereocenters. The van der Waals surface area contributed by atoms with Gasteiger partial charge < -0.3 is 14.0 Å². The maximum atomic E-state index is 5.68. The summed E-state index contributed by atoms with van der Waals surface area (Å²) in [7, 11) is 3.29. The topological polar surface area (TPSA) is 49.2 Å². The van der Waals surface area contributed by atoms with Crippen LogP contribution in [0.4, 0.5) is 0 Å². The van der Waals surface area contributed by atoms with E-state index in [9.17, 15) is 0 Å². The van der Waals surface area contributed by atoms with Crippen LogP contribution in [-0.2, 0) is 21.9 Å². The van der Waals surface area contributed by atoms with Gasteiger partial charge in [-0.3, -0.25) is 0 Å². The third kappa shape index (κ3) is 2.94. The molecule has 1 aromatic rings. The van der Waals surface area contributed by atoms with E-state index in [-0.39, 0.29) is 6.10 Å². The summed E-state index contributed by atoms with van der Waals surface area (Å²) in [5, 5.41) is 7.64. The molecule has 6 heteroatoms. The summed E-state index contributed by atoms with van der Waals surface area (Å²) < 4.78 is 12.1. The van der Waals surface area contributed by atoms with Crippen LogP contribution in [0.3, 0.4) is 0 Å². The predicted molar refractivity (Wildman–Crippen MR) is 52.3 cm³/mol. The third-order valence-electron chi connectivity index (χ3n) is 1.90. The Hall–Kier alpha value is -0.650. The zero-order valence-electron chi connectivity index (χ0n) is 8.31. The Morgan fingerprint density at radius 2 is 2.36 bits per heavy atom. The summed E-state index contributed by atoms with van der Waals surface area (Å²) in [6.45, 7) is 1.19. The molecule has 0 N–H and O–H groups in total. The highest BCUT2D eigenvalue weighted by Crippen LogP contribution is 2.03. The molecule has 14 heavy (non-hydrogen) atoms. The molecule has 1 aromatic heterocycles. The van der Waals surface area contributed by atoms with Crippen LogP contribution in [0.5, 0.6) is 0 Å². The molecule has 0 saturated heterocycles. The zero-order valence-corrected chi connectivity index (χ0v) is 9.07. The number of nitrogens with zero attached hydrogens (tertiary/aromatic N) is 3. The van der Waals surface area contributed by atoms with E-state index in [0.717, 1.165) is 5.82 Å². The molecule has 1 rings (SSSR count). The molecule has 1 unspecified atom stereocenters. The fraction of sp³-hybridized carbons (Fsp3) is 0.750. The van der Waals surface area contributed by atoms with Crippen molar-refractivity contribution in [1.29, 1.82) is 0 Å². The Balaban J connectivity index is 2.56. The standard InChI is InChI=1S/C8H14ClN3O2/c1-13-5-7(14-2)4-12-6-10-11-8(12)3-9/h6-7H,3-5H2,1-2H3. The minimum atomic E-state index is -0.00188. The Morgan fingerprint density at radius 3 is 2.93 bits per heavy atom. The van der Waals surface area contributed by atoms with Gasteiger partial charge in [-0.25, -0.2) is 0 Å². The molecule has 0 amide bonds. The van der Waals surface area contributed by atoms with Gasteiger partial charge in [0.2, 0.25) is 0 Å². The fourth-order valence-corrected chi connectivity index (χ4v) is 1.34. The average molecular weight is 220 g/mol. The van der Waals surface area contributed by atoms with Crippen molar-refractivity contribution in [3.8, 4) is 0 Å². The minimum Gasteiger partial charge on any atom is -0.382 e. The van der Waals surface area contributed by atoms with Gasteiger partial charge in [0.25, 0.3) is 0 Å². The number of ether oxygens (including phenoxy) is 2. The molecular formula is C8H14ClN3O2. The van der Waals surface area contributed by atoms with Crippen molar-refractivity contribution in [3.05, 3.63) is 12.2 Å². The highest BCUT2D eigenvalue weighted by molar-refractivity contribution is 6.16. The van der Waals surface area contributed by atoms with E-state index in [1.807, 2.05) is 4.57 Å². The lowest BCUT2D eigenvalue weighted by atomic mass is 10.3. The second kappa shape index (κ2) is 5.95. The summed E-state index contributed by atoms with van der Waals surface area (Å²) in [5.41, 5.74) is 0. The number of rotatable bonds is 6. The Kier molecular flexibility index (Phi) is 4.86. The van der Waals surface area contributed by atoms with Crippen molar-refractivity contribution in [2.75, 3.05) is 20.8 Å². The van der Waals surface area contributed by atoms with Crippen LogP contribution >= 0.6 is 11.6 Å². The van der Waals surface area contributed by atoms with E-state index in [1.165, 1.54) is 0 Å². The smallest absolute Gasteiger partial charge is 0.147 e. The molecular weight excluding hydrogens is 206 g/mol. The van der Waals surface area contributed by atoms with Crippen LogP contribution in [0.2, 0.25) is 0 Å². The van der Waals surface area contributed by atoms with E-state index < -0.39 is 0 Å². The van der Waals surface area contributed by atoms with Crippen molar-refractivity contribution in [3.63, 3.8) is 0 Å². The maximum Gasteiger partial charge on any atom is 0.147 e. The molecule has 1 heterocycles. The lowest BCUT2D eigenvalue weighted by molar-refractivity contribution is 0.0179. The molecule has 0 aliphatic heterocycles. The Morgan fingerprint density at radius 1 is 1.57 bits per heavy atom. The number of halogens is 1. The number of aromatic nitrogens is 3. The first kappa shape index (κ1) is 11.4. The van der Waals surface area contributed by atoms with Gasteiger partial charge in [-0.1, -0.05) is 0 Å². The number of methoxy groups -OCH3 is 2. The molecule has 0 aromatic carbocycles. The Labute approximate surface area is 88.0 Å². The van der Waals surface area contributed by atoms with Crippen LogP contribution in [0.25, 0.3) is 0 Å². The molecule has 0 fully saturated rings. The monoisotopic (exact) mass is 219 g/mol. The van der Waals surface area contributed by atoms with Gasteiger partial charge in [-0.05, 0) is 0 Å². The van der Waals surface area contributed by atoms with E-state index in [4.69, 9.17) is 21.1 Å². The van der Waals surface area contributed by atoms with Gasteiger partial charge in [0, 0.05) is 14.2 Å². The van der Waals surface area contributed by atoms with Crippen LogP contribution in [0.1, 0.15) is 5.82 Å². The number of hydrogen-bond acceptors (Lipinski definition) is 4. The van der Waals surface area contributed by atoms with E-state index in [2.05, 4.69) is 10.2 Å². The van der Waals surface area contributed by atoms with Gasteiger partial charge in [-0.15, -0.1) is 21.8 Å². The van der Waals surface area contributed by atoms with Gasteiger partial charge in [0.1, 0.15) is 12.2 Å². The van der Waals surface area contributed by atoms with E-state index in [0.29, 0.717) is 19.0 Å². The summed E-state index contributed by atoms with van der Waals surface area (Å²) in [6.07, 6.45) is 1.64. The first-order valence-corrected chi connectivity index (χ1v) is 4.79. The second-order valence-electron chi connectivity index (χ2n) is 2.85. The summed E-state index contributed by atoms with van der Waals surface area (Å²) in [4.78, 5) is 0. The van der Waals surface area contributed by atoms with Gasteiger partial charge in [0.15, 0.2) is 0 Å². The first-order chi connectivity index (χ1) is 6.81. The lowest BCUT2D eigenvalue weighted by Crippen LogP contribution is -2.24. The minimum absolute atomic E-state index is 0.00188. The normalized spacial score (nSPS) is 13.1. The molecule has 0 spiro atoms. The van der Waals surface area contributed by atoms with Crippen LogP contribution < -0.4 is 0 Å². The maximum absolute atomic E-state index is 5.68. The second-order valence-corrected chi connectivity index (χ2v) is 3.11. The van der Waals surface area contributed by atoms with Crippen molar-refractivity contribution in [2.45, 2.75) is 18.5 Å². The van der Waals surface area contributed by atoms with E-state index in [1.54, 1.807) is 20.5 Å². The molecule has 0 bridgehead atoms. The average Bonchev–Trinajstić information content (AvgIpc) is 2.64. The molecule has 0 saturated carbocycles. The Bertz CT molecular complexity index is 267. The van der Waals surface area contributed by atoms with Crippen LogP contribution in [0.15, 0.2) is 6.33 Å². The SMILES string of the molecule is COCC(Cn1cnnc1CCl)OC. The number of alkyl halides is 1. The van der Waals surface area contributed by atoms with Gasteiger partial charge >= 0.3 is 0 Å². The first-order valence-electron chi connectivity index (χ1n) is 4.26. The van der Waals surface area contributed by atoms with Gasteiger partial charge in [0.05, 0.1) is 25.1 Å².